The monoisotopic (exact) mass is 324 g/mol. The van der Waals surface area contributed by atoms with Crippen molar-refractivity contribution in [1.82, 2.24) is 14.8 Å². The molecule has 2 heterocycles. The lowest BCUT2D eigenvalue weighted by Crippen LogP contribution is -2.28. The lowest BCUT2D eigenvalue weighted by molar-refractivity contribution is 0.429. The minimum atomic E-state index is 0.177. The second kappa shape index (κ2) is 5.70. The van der Waals surface area contributed by atoms with Gasteiger partial charge in [-0.1, -0.05) is 48.0 Å². The molecule has 1 aliphatic heterocycles. The fraction of sp³-hybridized carbons (Fsp3) is 0.222. The summed E-state index contributed by atoms with van der Waals surface area (Å²) >= 11 is 6.01. The molecule has 3 aromatic rings. The Labute approximate surface area is 140 Å². The molecule has 4 nitrogen and oxygen atoms in total. The number of hydrogen-bond donors (Lipinski definition) is 1. The van der Waals surface area contributed by atoms with Crippen LogP contribution in [-0.2, 0) is 0 Å². The van der Waals surface area contributed by atoms with Gasteiger partial charge in [-0.15, -0.1) is 0 Å². The highest BCUT2D eigenvalue weighted by Crippen LogP contribution is 2.38. The molecule has 2 aromatic carbocycles. The highest BCUT2D eigenvalue weighted by atomic mass is 35.5. The van der Waals surface area contributed by atoms with E-state index in [0.717, 1.165) is 17.4 Å². The number of aromatic nitrogens is 3. The third-order valence-corrected chi connectivity index (χ3v) is 4.70. The fourth-order valence-corrected chi connectivity index (χ4v) is 3.38. The first-order valence-electron chi connectivity index (χ1n) is 7.69. The molecule has 0 fully saturated rings. The zero-order valence-corrected chi connectivity index (χ0v) is 13.5. The van der Waals surface area contributed by atoms with Gasteiger partial charge < -0.3 is 5.32 Å². The molecular weight excluding hydrogens is 308 g/mol. The molecule has 0 radical (unpaired) electrons. The van der Waals surface area contributed by atoms with E-state index in [9.17, 15) is 0 Å². The molecule has 0 amide bonds. The van der Waals surface area contributed by atoms with Crippen LogP contribution >= 0.6 is 11.6 Å². The van der Waals surface area contributed by atoms with Crippen LogP contribution in [0.1, 0.15) is 35.2 Å². The smallest absolute Gasteiger partial charge is 0.222 e. The quantitative estimate of drug-likeness (QED) is 0.760. The summed E-state index contributed by atoms with van der Waals surface area (Å²) in [6, 6.07) is 16.8. The minimum absolute atomic E-state index is 0.177. The molecule has 0 saturated carbocycles. The second-order valence-electron chi connectivity index (χ2n) is 5.88. The summed E-state index contributed by atoms with van der Waals surface area (Å²) < 4.78 is 1.98. The third kappa shape index (κ3) is 2.59. The number of nitrogens with zero attached hydrogens (tertiary/aromatic N) is 3. The number of nitrogens with one attached hydrogen (secondary N) is 1. The maximum atomic E-state index is 6.01. The van der Waals surface area contributed by atoms with E-state index in [1.54, 1.807) is 6.33 Å². The zero-order valence-electron chi connectivity index (χ0n) is 12.8. The van der Waals surface area contributed by atoms with Crippen LogP contribution in [-0.4, -0.2) is 14.8 Å². The predicted molar refractivity (Wildman–Crippen MR) is 91.8 cm³/mol. The first-order valence-corrected chi connectivity index (χ1v) is 8.07. The molecule has 1 N–H and O–H groups in total. The molecule has 116 valence electrons. The van der Waals surface area contributed by atoms with Gasteiger partial charge in [0.15, 0.2) is 0 Å². The first kappa shape index (κ1) is 14.3. The summed E-state index contributed by atoms with van der Waals surface area (Å²) in [6.07, 6.45) is 2.53. The SMILES string of the molecule is Cc1ccccc1[C@@H]1C[C@@H](c2ccc(Cl)cc2)Nc2ncnn21. The largest absolute Gasteiger partial charge is 0.348 e. The highest BCUT2D eigenvalue weighted by molar-refractivity contribution is 6.30. The lowest BCUT2D eigenvalue weighted by atomic mass is 9.91. The van der Waals surface area contributed by atoms with Crippen LogP contribution in [0, 0.1) is 6.92 Å². The molecule has 2 atom stereocenters. The molecule has 4 rings (SSSR count). The number of rotatable bonds is 2. The summed E-state index contributed by atoms with van der Waals surface area (Å²) in [5.41, 5.74) is 3.78. The van der Waals surface area contributed by atoms with Gasteiger partial charge in [0, 0.05) is 5.02 Å². The lowest BCUT2D eigenvalue weighted by Gasteiger charge is -2.32. The number of aryl methyl sites for hydroxylation is 1. The summed E-state index contributed by atoms with van der Waals surface area (Å²) in [6.45, 7) is 2.14. The Morgan fingerprint density at radius 2 is 1.91 bits per heavy atom. The van der Waals surface area contributed by atoms with Crippen molar-refractivity contribution in [2.24, 2.45) is 0 Å². The Hall–Kier alpha value is -2.33. The third-order valence-electron chi connectivity index (χ3n) is 4.45. The van der Waals surface area contributed by atoms with Crippen LogP contribution in [0.5, 0.6) is 0 Å². The molecule has 1 aliphatic rings. The van der Waals surface area contributed by atoms with E-state index in [1.807, 2.05) is 16.8 Å². The van der Waals surface area contributed by atoms with Crippen molar-refractivity contribution < 1.29 is 0 Å². The molecule has 1 aromatic heterocycles. The van der Waals surface area contributed by atoms with Gasteiger partial charge in [-0.25, -0.2) is 4.68 Å². The zero-order chi connectivity index (χ0) is 15.8. The average molecular weight is 325 g/mol. The fourth-order valence-electron chi connectivity index (χ4n) is 3.25. The van der Waals surface area contributed by atoms with Crippen LogP contribution in [0.25, 0.3) is 0 Å². The molecule has 0 bridgehead atoms. The van der Waals surface area contributed by atoms with Crippen molar-refractivity contribution in [3.8, 4) is 0 Å². The van der Waals surface area contributed by atoms with Crippen molar-refractivity contribution in [3.63, 3.8) is 0 Å². The van der Waals surface area contributed by atoms with Crippen molar-refractivity contribution in [3.05, 3.63) is 76.6 Å². The van der Waals surface area contributed by atoms with Gasteiger partial charge in [-0.05, 0) is 42.2 Å². The van der Waals surface area contributed by atoms with Crippen LogP contribution in [0.3, 0.4) is 0 Å². The van der Waals surface area contributed by atoms with E-state index in [4.69, 9.17) is 11.6 Å². The van der Waals surface area contributed by atoms with E-state index in [0.29, 0.717) is 0 Å². The first-order chi connectivity index (χ1) is 11.2. The Balaban J connectivity index is 1.75. The number of anilines is 1. The standard InChI is InChI=1S/C18H17ClN4/c1-12-4-2-3-5-15(12)17-10-16(13-6-8-14(19)9-7-13)22-18-20-11-21-23(17)18/h2-9,11,16-17H,10H2,1H3,(H,20,21,22)/t16-,17-/m0/s1. The molecular formula is C18H17ClN4. The Kier molecular flexibility index (Phi) is 3.54. The Morgan fingerprint density at radius 3 is 2.70 bits per heavy atom. The van der Waals surface area contributed by atoms with Gasteiger partial charge in [-0.2, -0.15) is 10.1 Å². The Morgan fingerprint density at radius 1 is 1.13 bits per heavy atom. The number of halogens is 1. The van der Waals surface area contributed by atoms with Crippen molar-refractivity contribution in [2.45, 2.75) is 25.4 Å². The van der Waals surface area contributed by atoms with E-state index in [-0.39, 0.29) is 12.1 Å². The topological polar surface area (TPSA) is 42.7 Å². The number of benzene rings is 2. The summed E-state index contributed by atoms with van der Waals surface area (Å²) in [5.74, 6) is 0.810. The van der Waals surface area contributed by atoms with Crippen LogP contribution in [0.2, 0.25) is 5.02 Å². The Bertz CT molecular complexity index is 825. The number of fused-ring (bicyclic) bond motifs is 1. The molecule has 5 heteroatoms. The van der Waals surface area contributed by atoms with Gasteiger partial charge in [0.25, 0.3) is 0 Å². The van der Waals surface area contributed by atoms with Gasteiger partial charge in [-0.3, -0.25) is 0 Å². The van der Waals surface area contributed by atoms with Crippen LogP contribution < -0.4 is 5.32 Å². The summed E-state index contributed by atoms with van der Waals surface area (Å²) in [5, 5.41) is 8.65. The minimum Gasteiger partial charge on any atom is -0.348 e. The maximum Gasteiger partial charge on any atom is 0.222 e. The summed E-state index contributed by atoms with van der Waals surface area (Å²) in [4.78, 5) is 4.37. The van der Waals surface area contributed by atoms with E-state index in [1.165, 1.54) is 16.7 Å². The highest BCUT2D eigenvalue weighted by Gasteiger charge is 2.30. The number of hydrogen-bond acceptors (Lipinski definition) is 3. The average Bonchev–Trinajstić information content (AvgIpc) is 3.04. The van der Waals surface area contributed by atoms with E-state index < -0.39 is 0 Å². The maximum absolute atomic E-state index is 6.01. The summed E-state index contributed by atoms with van der Waals surface area (Å²) in [7, 11) is 0. The second-order valence-corrected chi connectivity index (χ2v) is 6.32. The molecule has 0 spiro atoms. The van der Waals surface area contributed by atoms with Crippen molar-refractivity contribution in [1.29, 1.82) is 0 Å². The molecule has 0 aliphatic carbocycles. The van der Waals surface area contributed by atoms with Gasteiger partial charge >= 0.3 is 0 Å². The van der Waals surface area contributed by atoms with Crippen molar-refractivity contribution >= 4 is 17.5 Å². The van der Waals surface area contributed by atoms with E-state index in [2.05, 4.69) is 58.7 Å². The molecule has 0 unspecified atom stereocenters. The van der Waals surface area contributed by atoms with E-state index >= 15 is 0 Å². The van der Waals surface area contributed by atoms with Crippen LogP contribution in [0.4, 0.5) is 5.95 Å². The normalized spacial score (nSPS) is 19.9. The molecule has 0 saturated heterocycles. The predicted octanol–water partition coefficient (Wildman–Crippen LogP) is 4.39. The van der Waals surface area contributed by atoms with Gasteiger partial charge in [0.1, 0.15) is 6.33 Å². The molecule has 23 heavy (non-hydrogen) atoms. The van der Waals surface area contributed by atoms with Crippen LogP contribution in [0.15, 0.2) is 54.9 Å². The van der Waals surface area contributed by atoms with Crippen molar-refractivity contribution in [2.75, 3.05) is 5.32 Å². The van der Waals surface area contributed by atoms with Gasteiger partial charge in [0.05, 0.1) is 12.1 Å². The van der Waals surface area contributed by atoms with Gasteiger partial charge in [0.2, 0.25) is 5.95 Å².